The second-order valence-electron chi connectivity index (χ2n) is 4.67. The number of carbonyl (C=O) groups is 2. The molecule has 96 valence electrons. The van der Waals surface area contributed by atoms with Crippen LogP contribution in [0.5, 0.6) is 0 Å². The number of carboxylic acids is 1. The standard InChI is InChI=1S/C14H17NO3/c1-2-9-3-5-10(6-4-9)8-15-13(16)11-7-12(11)14(17)18/h3-6,11-12H,2,7-8H2,1H3,(H,15,16)(H,17,18). The molecule has 4 heteroatoms. The summed E-state index contributed by atoms with van der Waals surface area (Å²) < 4.78 is 0. The van der Waals surface area contributed by atoms with Crippen LogP contribution in [0.3, 0.4) is 0 Å². The molecular formula is C14H17NO3. The van der Waals surface area contributed by atoms with E-state index in [2.05, 4.69) is 12.2 Å². The fraction of sp³-hybridized carbons (Fsp3) is 0.429. The van der Waals surface area contributed by atoms with Crippen molar-refractivity contribution in [2.24, 2.45) is 11.8 Å². The lowest BCUT2D eigenvalue weighted by Gasteiger charge is -2.05. The van der Waals surface area contributed by atoms with Gasteiger partial charge in [0.05, 0.1) is 11.8 Å². The zero-order valence-electron chi connectivity index (χ0n) is 10.3. The number of benzene rings is 1. The summed E-state index contributed by atoms with van der Waals surface area (Å²) in [4.78, 5) is 22.3. The van der Waals surface area contributed by atoms with Crippen LogP contribution >= 0.6 is 0 Å². The Morgan fingerprint density at radius 1 is 1.22 bits per heavy atom. The van der Waals surface area contributed by atoms with Crippen LogP contribution in [-0.2, 0) is 22.6 Å². The van der Waals surface area contributed by atoms with E-state index in [1.807, 2.05) is 24.3 Å². The van der Waals surface area contributed by atoms with E-state index in [0.29, 0.717) is 13.0 Å². The third kappa shape index (κ3) is 2.88. The predicted molar refractivity (Wildman–Crippen MR) is 66.9 cm³/mol. The first kappa shape index (κ1) is 12.6. The van der Waals surface area contributed by atoms with Gasteiger partial charge in [-0.25, -0.2) is 0 Å². The molecule has 0 saturated heterocycles. The van der Waals surface area contributed by atoms with Gasteiger partial charge in [0.15, 0.2) is 0 Å². The van der Waals surface area contributed by atoms with Gasteiger partial charge in [-0.15, -0.1) is 0 Å². The molecule has 1 aromatic rings. The van der Waals surface area contributed by atoms with Crippen molar-refractivity contribution in [2.45, 2.75) is 26.3 Å². The minimum Gasteiger partial charge on any atom is -0.481 e. The predicted octanol–water partition coefficient (Wildman–Crippen LogP) is 1.59. The second kappa shape index (κ2) is 5.21. The van der Waals surface area contributed by atoms with E-state index in [-0.39, 0.29) is 11.8 Å². The molecular weight excluding hydrogens is 230 g/mol. The van der Waals surface area contributed by atoms with E-state index in [9.17, 15) is 9.59 Å². The Balaban J connectivity index is 1.81. The molecule has 0 heterocycles. The van der Waals surface area contributed by atoms with Gasteiger partial charge in [0, 0.05) is 6.54 Å². The van der Waals surface area contributed by atoms with Crippen LogP contribution in [-0.4, -0.2) is 17.0 Å². The molecule has 2 atom stereocenters. The van der Waals surface area contributed by atoms with Gasteiger partial charge in [0.25, 0.3) is 0 Å². The van der Waals surface area contributed by atoms with Crippen LogP contribution in [0.2, 0.25) is 0 Å². The quantitative estimate of drug-likeness (QED) is 0.830. The first-order valence-corrected chi connectivity index (χ1v) is 6.20. The fourth-order valence-electron chi connectivity index (χ4n) is 1.97. The van der Waals surface area contributed by atoms with Crippen molar-refractivity contribution in [1.82, 2.24) is 5.32 Å². The lowest BCUT2D eigenvalue weighted by Crippen LogP contribution is -2.25. The van der Waals surface area contributed by atoms with E-state index in [0.717, 1.165) is 12.0 Å². The highest BCUT2D eigenvalue weighted by atomic mass is 16.4. The number of hydrogen-bond acceptors (Lipinski definition) is 2. The van der Waals surface area contributed by atoms with E-state index in [1.165, 1.54) is 5.56 Å². The molecule has 0 aliphatic heterocycles. The number of aliphatic carboxylic acids is 1. The Morgan fingerprint density at radius 2 is 1.83 bits per heavy atom. The minimum absolute atomic E-state index is 0.151. The summed E-state index contributed by atoms with van der Waals surface area (Å²) in [5.74, 6) is -1.84. The van der Waals surface area contributed by atoms with Gasteiger partial charge in [-0.1, -0.05) is 31.2 Å². The summed E-state index contributed by atoms with van der Waals surface area (Å²) in [6.07, 6.45) is 1.46. The Morgan fingerprint density at radius 3 is 2.33 bits per heavy atom. The third-order valence-corrected chi connectivity index (χ3v) is 3.34. The first-order valence-electron chi connectivity index (χ1n) is 6.20. The number of rotatable bonds is 5. The number of nitrogens with one attached hydrogen (secondary N) is 1. The van der Waals surface area contributed by atoms with Gasteiger partial charge in [-0.3, -0.25) is 9.59 Å². The summed E-state index contributed by atoms with van der Waals surface area (Å²) >= 11 is 0. The van der Waals surface area contributed by atoms with Crippen molar-refractivity contribution in [3.05, 3.63) is 35.4 Å². The summed E-state index contributed by atoms with van der Waals surface area (Å²) in [6.45, 7) is 2.56. The minimum atomic E-state index is -0.873. The molecule has 0 radical (unpaired) electrons. The molecule has 4 nitrogen and oxygen atoms in total. The van der Waals surface area contributed by atoms with E-state index < -0.39 is 11.9 Å². The summed E-state index contributed by atoms with van der Waals surface area (Å²) in [5.41, 5.74) is 2.30. The average Bonchev–Trinajstić information content (AvgIpc) is 3.17. The third-order valence-electron chi connectivity index (χ3n) is 3.34. The van der Waals surface area contributed by atoms with Crippen LogP contribution in [0.1, 0.15) is 24.5 Å². The second-order valence-corrected chi connectivity index (χ2v) is 4.67. The molecule has 1 saturated carbocycles. The number of hydrogen-bond donors (Lipinski definition) is 2. The summed E-state index contributed by atoms with van der Waals surface area (Å²) in [7, 11) is 0. The van der Waals surface area contributed by atoms with Gasteiger partial charge < -0.3 is 10.4 Å². The van der Waals surface area contributed by atoms with Crippen molar-refractivity contribution in [1.29, 1.82) is 0 Å². The van der Waals surface area contributed by atoms with Crippen molar-refractivity contribution >= 4 is 11.9 Å². The van der Waals surface area contributed by atoms with E-state index >= 15 is 0 Å². The molecule has 2 unspecified atom stereocenters. The molecule has 0 spiro atoms. The molecule has 1 fully saturated rings. The topological polar surface area (TPSA) is 66.4 Å². The van der Waals surface area contributed by atoms with Crippen LogP contribution < -0.4 is 5.32 Å². The Hall–Kier alpha value is -1.84. The highest BCUT2D eigenvalue weighted by Crippen LogP contribution is 2.38. The zero-order valence-corrected chi connectivity index (χ0v) is 10.3. The van der Waals surface area contributed by atoms with E-state index in [1.54, 1.807) is 0 Å². The molecule has 0 aromatic heterocycles. The summed E-state index contributed by atoms with van der Waals surface area (Å²) in [6, 6.07) is 8.05. The maximum Gasteiger partial charge on any atom is 0.307 e. The van der Waals surface area contributed by atoms with Gasteiger partial charge in [-0.05, 0) is 24.0 Å². The SMILES string of the molecule is CCc1ccc(CNC(=O)C2CC2C(=O)O)cc1. The molecule has 1 aromatic carbocycles. The van der Waals surface area contributed by atoms with E-state index in [4.69, 9.17) is 5.11 Å². The molecule has 2 N–H and O–H groups in total. The molecule has 2 rings (SSSR count). The van der Waals surface area contributed by atoms with Crippen molar-refractivity contribution in [3.8, 4) is 0 Å². The Bertz CT molecular complexity index is 453. The largest absolute Gasteiger partial charge is 0.481 e. The Kier molecular flexibility index (Phi) is 3.65. The van der Waals surface area contributed by atoms with Crippen LogP contribution in [0.25, 0.3) is 0 Å². The number of amides is 1. The molecule has 1 amide bonds. The normalized spacial score (nSPS) is 21.4. The molecule has 0 bridgehead atoms. The highest BCUT2D eigenvalue weighted by molar-refractivity contribution is 5.89. The smallest absolute Gasteiger partial charge is 0.307 e. The monoisotopic (exact) mass is 247 g/mol. The zero-order chi connectivity index (χ0) is 13.1. The van der Waals surface area contributed by atoms with Gasteiger partial charge in [0.2, 0.25) is 5.91 Å². The number of carbonyl (C=O) groups excluding carboxylic acids is 1. The van der Waals surface area contributed by atoms with Crippen molar-refractivity contribution in [2.75, 3.05) is 0 Å². The van der Waals surface area contributed by atoms with Gasteiger partial charge in [-0.2, -0.15) is 0 Å². The van der Waals surface area contributed by atoms with Crippen molar-refractivity contribution in [3.63, 3.8) is 0 Å². The molecule has 1 aliphatic rings. The molecule has 1 aliphatic carbocycles. The van der Waals surface area contributed by atoms with Crippen LogP contribution in [0.15, 0.2) is 24.3 Å². The maximum absolute atomic E-state index is 11.6. The van der Waals surface area contributed by atoms with Crippen molar-refractivity contribution < 1.29 is 14.7 Å². The maximum atomic E-state index is 11.6. The van der Waals surface area contributed by atoms with Crippen LogP contribution in [0.4, 0.5) is 0 Å². The van der Waals surface area contributed by atoms with Gasteiger partial charge >= 0.3 is 5.97 Å². The van der Waals surface area contributed by atoms with Gasteiger partial charge in [0.1, 0.15) is 0 Å². The highest BCUT2D eigenvalue weighted by Gasteiger charge is 2.48. The van der Waals surface area contributed by atoms with Crippen LogP contribution in [0, 0.1) is 11.8 Å². The first-order chi connectivity index (χ1) is 8.61. The fourth-order valence-corrected chi connectivity index (χ4v) is 1.97. The molecule has 18 heavy (non-hydrogen) atoms. The average molecular weight is 247 g/mol. The number of carboxylic acid groups (broad SMARTS) is 1. The summed E-state index contributed by atoms with van der Waals surface area (Å²) in [5, 5.41) is 11.5. The lowest BCUT2D eigenvalue weighted by molar-refractivity contribution is -0.140. The number of aryl methyl sites for hydroxylation is 1. The lowest BCUT2D eigenvalue weighted by atomic mass is 10.1. The Labute approximate surface area is 106 Å².